The van der Waals surface area contributed by atoms with Crippen molar-refractivity contribution in [3.05, 3.63) is 63.8 Å². The van der Waals surface area contributed by atoms with Crippen molar-refractivity contribution in [3.8, 4) is 5.88 Å². The number of anilines is 1. The van der Waals surface area contributed by atoms with Gasteiger partial charge in [-0.2, -0.15) is 0 Å². The van der Waals surface area contributed by atoms with E-state index in [4.69, 9.17) is 16.3 Å². The Morgan fingerprint density at radius 1 is 1.41 bits per heavy atom. The fourth-order valence-corrected chi connectivity index (χ4v) is 3.44. The Labute approximate surface area is 174 Å². The van der Waals surface area contributed by atoms with Crippen LogP contribution in [0.15, 0.2) is 36.7 Å². The number of ether oxygens (including phenoxy) is 1. The lowest BCUT2D eigenvalue weighted by molar-refractivity contribution is 0.127. The molecule has 0 saturated carbocycles. The van der Waals surface area contributed by atoms with E-state index >= 15 is 0 Å². The third kappa shape index (κ3) is 5.11. The van der Waals surface area contributed by atoms with Crippen LogP contribution in [0.25, 0.3) is 0 Å². The third-order valence-corrected chi connectivity index (χ3v) is 5.14. The van der Waals surface area contributed by atoms with E-state index in [1.54, 1.807) is 0 Å². The first-order valence-electron chi connectivity index (χ1n) is 8.65. The molecule has 154 valence electrons. The number of nitrogens with one attached hydrogen (secondary N) is 1. The van der Waals surface area contributed by atoms with Crippen molar-refractivity contribution < 1.29 is 23.4 Å². The van der Waals surface area contributed by atoms with Crippen molar-refractivity contribution in [1.29, 1.82) is 0 Å². The molecule has 6 nitrogen and oxygen atoms in total. The molecule has 2 N–H and O–H groups in total. The summed E-state index contributed by atoms with van der Waals surface area (Å²) in [7, 11) is 0. The van der Waals surface area contributed by atoms with E-state index in [0.717, 1.165) is 17.4 Å². The van der Waals surface area contributed by atoms with Gasteiger partial charge in [0.15, 0.2) is 16.8 Å². The fraction of sp³-hybridized carbons (Fsp3) is 0.263. The number of hydrogen-bond acceptors (Lipinski definition) is 5. The summed E-state index contributed by atoms with van der Waals surface area (Å²) < 4.78 is 34.8. The van der Waals surface area contributed by atoms with Crippen LogP contribution in [0.3, 0.4) is 0 Å². The highest BCUT2D eigenvalue weighted by Gasteiger charge is 2.20. The number of hydrogen-bond donors (Lipinski definition) is 2. The van der Waals surface area contributed by atoms with Gasteiger partial charge in [0.25, 0.3) is 0 Å². The molecule has 1 atom stereocenters. The lowest BCUT2D eigenvalue weighted by Crippen LogP contribution is -2.18. The minimum atomic E-state index is -0.986. The van der Waals surface area contributed by atoms with Gasteiger partial charge < -0.3 is 14.4 Å². The molecule has 1 aromatic carbocycles. The second kappa shape index (κ2) is 8.89. The first-order chi connectivity index (χ1) is 13.7. The normalized spacial score (nSPS) is 12.2. The highest BCUT2D eigenvalue weighted by atomic mass is 35.5. The van der Waals surface area contributed by atoms with Gasteiger partial charge in [0.05, 0.1) is 18.8 Å². The van der Waals surface area contributed by atoms with Crippen LogP contribution in [0, 0.1) is 17.6 Å². The van der Waals surface area contributed by atoms with E-state index < -0.39 is 23.8 Å². The number of benzene rings is 1. The van der Waals surface area contributed by atoms with Gasteiger partial charge in [-0.05, 0) is 12.0 Å². The quantitative estimate of drug-likeness (QED) is 0.549. The number of amides is 1. The van der Waals surface area contributed by atoms with E-state index in [0.29, 0.717) is 9.90 Å². The molecule has 0 bridgehead atoms. The zero-order valence-corrected chi connectivity index (χ0v) is 17.1. The Morgan fingerprint density at radius 3 is 2.83 bits per heavy atom. The summed E-state index contributed by atoms with van der Waals surface area (Å²) >= 11 is 6.84. The van der Waals surface area contributed by atoms with Gasteiger partial charge in [0, 0.05) is 23.4 Å². The van der Waals surface area contributed by atoms with Crippen LogP contribution in [0.2, 0.25) is 4.34 Å². The molecule has 2 aromatic heterocycles. The van der Waals surface area contributed by atoms with Crippen LogP contribution in [-0.4, -0.2) is 20.8 Å². The molecular weight excluding hydrogens is 424 g/mol. The summed E-state index contributed by atoms with van der Waals surface area (Å²) in [6, 6.07) is 5.32. The van der Waals surface area contributed by atoms with Crippen LogP contribution in [0.4, 0.5) is 18.7 Å². The van der Waals surface area contributed by atoms with Crippen LogP contribution < -0.4 is 10.1 Å². The third-order valence-electron chi connectivity index (χ3n) is 4.11. The molecule has 1 unspecified atom stereocenters. The highest BCUT2D eigenvalue weighted by Crippen LogP contribution is 2.29. The van der Waals surface area contributed by atoms with Crippen molar-refractivity contribution in [2.75, 3.05) is 5.32 Å². The Kier molecular flexibility index (Phi) is 6.51. The monoisotopic (exact) mass is 441 g/mol. The number of thiazole rings is 1. The molecule has 0 aliphatic carbocycles. The van der Waals surface area contributed by atoms with Gasteiger partial charge in [-0.3, -0.25) is 5.32 Å². The van der Waals surface area contributed by atoms with Gasteiger partial charge in [0.2, 0.25) is 5.88 Å². The van der Waals surface area contributed by atoms with Gasteiger partial charge >= 0.3 is 6.09 Å². The van der Waals surface area contributed by atoms with Gasteiger partial charge in [0.1, 0.15) is 4.34 Å². The van der Waals surface area contributed by atoms with Crippen LogP contribution in [-0.2, 0) is 6.54 Å². The zero-order valence-electron chi connectivity index (χ0n) is 15.5. The fourth-order valence-electron chi connectivity index (χ4n) is 2.64. The summed E-state index contributed by atoms with van der Waals surface area (Å²) in [4.78, 5) is 16.1. The molecule has 1 amide bonds. The Hall–Kier alpha value is -2.49. The second-order valence-electron chi connectivity index (χ2n) is 6.63. The van der Waals surface area contributed by atoms with Crippen molar-refractivity contribution in [1.82, 2.24) is 9.55 Å². The van der Waals surface area contributed by atoms with Gasteiger partial charge in [-0.25, -0.2) is 18.6 Å². The Morgan fingerprint density at radius 2 is 2.17 bits per heavy atom. The Bertz CT molecular complexity index is 1020. The summed E-state index contributed by atoms with van der Waals surface area (Å²) in [6.07, 6.45) is 1.27. The molecule has 0 radical (unpaired) electrons. The smallest absolute Gasteiger partial charge is 0.393 e. The number of halogens is 3. The molecule has 10 heteroatoms. The van der Waals surface area contributed by atoms with Crippen molar-refractivity contribution >= 4 is 34.2 Å². The summed E-state index contributed by atoms with van der Waals surface area (Å²) in [6.45, 7) is 3.56. The first kappa shape index (κ1) is 21.2. The molecule has 3 aromatic rings. The maximum atomic E-state index is 14.1. The number of carbonyl (C=O) groups excluding carboxylic acids is 1. The molecule has 0 saturated heterocycles. The maximum absolute atomic E-state index is 14.1. The van der Waals surface area contributed by atoms with Crippen LogP contribution in [0.5, 0.6) is 5.88 Å². The van der Waals surface area contributed by atoms with E-state index in [9.17, 15) is 18.7 Å². The first-order valence-corrected chi connectivity index (χ1v) is 9.85. The zero-order chi connectivity index (χ0) is 21.1. The van der Waals surface area contributed by atoms with E-state index in [2.05, 4.69) is 10.3 Å². The van der Waals surface area contributed by atoms with Crippen molar-refractivity contribution in [3.63, 3.8) is 0 Å². The number of nitrogens with zero attached hydrogens (tertiary/aromatic N) is 2. The molecule has 0 spiro atoms. The molecule has 0 aliphatic rings. The molecule has 29 heavy (non-hydrogen) atoms. The molecule has 0 fully saturated rings. The van der Waals surface area contributed by atoms with Crippen LogP contribution in [0.1, 0.15) is 31.1 Å². The number of aliphatic hydroxyl groups excluding tert-OH is 1. The van der Waals surface area contributed by atoms with Gasteiger partial charge in [-0.15, -0.1) is 0 Å². The van der Waals surface area contributed by atoms with Crippen molar-refractivity contribution in [2.24, 2.45) is 5.92 Å². The summed E-state index contributed by atoms with van der Waals surface area (Å²) in [5, 5.41) is 13.0. The minimum Gasteiger partial charge on any atom is -0.393 e. The average Bonchev–Trinajstić information content (AvgIpc) is 3.24. The average molecular weight is 442 g/mol. The van der Waals surface area contributed by atoms with E-state index in [-0.39, 0.29) is 29.0 Å². The van der Waals surface area contributed by atoms with E-state index in [1.807, 2.05) is 13.8 Å². The summed E-state index contributed by atoms with van der Waals surface area (Å²) in [5.74, 6) is -2.00. The predicted molar refractivity (Wildman–Crippen MR) is 106 cm³/mol. The Balaban J connectivity index is 1.87. The molecular formula is C19H18ClF2N3O3S. The standard InChI is InChI=1S/C19H18ClF2N3O3S/c1-10(2)17(26)12-6-15(28-19(27)24-18-23-7-14(20)29-18)25(9-12)8-11-4-3-5-13(21)16(11)22/h3-7,9-10,17,26H,8H2,1-2H3,(H,23,24,27). The lowest BCUT2D eigenvalue weighted by atomic mass is 10.0. The van der Waals surface area contributed by atoms with Crippen molar-refractivity contribution in [2.45, 2.75) is 26.5 Å². The summed E-state index contributed by atoms with van der Waals surface area (Å²) in [5.41, 5.74) is 0.556. The highest BCUT2D eigenvalue weighted by molar-refractivity contribution is 7.19. The topological polar surface area (TPSA) is 76.4 Å². The molecule has 2 heterocycles. The number of aliphatic hydroxyl groups is 1. The second-order valence-corrected chi connectivity index (χ2v) is 8.29. The number of rotatable bonds is 6. The molecule has 0 aliphatic heterocycles. The van der Waals surface area contributed by atoms with Crippen LogP contribution >= 0.6 is 22.9 Å². The number of aromatic nitrogens is 2. The molecule has 3 rings (SSSR count). The number of carbonyl (C=O) groups is 1. The van der Waals surface area contributed by atoms with Gasteiger partial charge in [-0.1, -0.05) is 48.9 Å². The lowest BCUT2D eigenvalue weighted by Gasteiger charge is -2.12. The SMILES string of the molecule is CC(C)C(O)c1cc(OC(=O)Nc2ncc(Cl)s2)n(Cc2cccc(F)c2F)c1. The largest absolute Gasteiger partial charge is 0.420 e. The maximum Gasteiger partial charge on any atom is 0.420 e. The van der Waals surface area contributed by atoms with E-state index in [1.165, 1.54) is 35.2 Å². The predicted octanol–water partition coefficient (Wildman–Crippen LogP) is 5.22. The minimum absolute atomic E-state index is 0.0588.